The molecule has 3 aromatic rings. The molecule has 38 heavy (non-hydrogen) atoms. The predicted molar refractivity (Wildman–Crippen MR) is 136 cm³/mol. The Kier molecular flexibility index (Phi) is 8.27. The summed E-state index contributed by atoms with van der Waals surface area (Å²) in [7, 11) is 0. The number of carboxylic acid groups (broad SMARTS) is 1. The van der Waals surface area contributed by atoms with Gasteiger partial charge in [-0.1, -0.05) is 35.5 Å². The van der Waals surface area contributed by atoms with E-state index in [2.05, 4.69) is 10.1 Å². The number of alkyl halides is 3. The highest BCUT2D eigenvalue weighted by molar-refractivity contribution is 8.01. The van der Waals surface area contributed by atoms with E-state index in [9.17, 15) is 23.1 Å². The molecule has 1 N–H and O–H groups in total. The lowest BCUT2D eigenvalue weighted by atomic mass is 10.1. The highest BCUT2D eigenvalue weighted by Crippen LogP contribution is 2.33. The van der Waals surface area contributed by atoms with E-state index in [0.29, 0.717) is 25.3 Å². The van der Waals surface area contributed by atoms with Gasteiger partial charge in [-0.15, -0.1) is 11.8 Å². The van der Waals surface area contributed by atoms with Gasteiger partial charge in [-0.25, -0.2) is 0 Å². The van der Waals surface area contributed by atoms with Gasteiger partial charge in [0.05, 0.1) is 24.9 Å². The Balaban J connectivity index is 1.50. The Bertz CT molecular complexity index is 1340. The fourth-order valence-corrected chi connectivity index (χ4v) is 4.62. The quantitative estimate of drug-likeness (QED) is 0.283. The number of furan rings is 1. The van der Waals surface area contributed by atoms with Gasteiger partial charge in [-0.3, -0.25) is 9.69 Å². The largest absolute Gasteiger partial charge is 0.480 e. The van der Waals surface area contributed by atoms with Gasteiger partial charge in [0.15, 0.2) is 5.82 Å². The van der Waals surface area contributed by atoms with E-state index in [0.717, 1.165) is 28.4 Å². The number of halogens is 3. The lowest BCUT2D eigenvalue weighted by molar-refractivity contribution is -0.138. The third kappa shape index (κ3) is 7.26. The van der Waals surface area contributed by atoms with Crippen molar-refractivity contribution in [1.82, 2.24) is 15.0 Å². The Hall–Kier alpha value is -3.57. The highest BCUT2D eigenvalue weighted by Gasteiger charge is 2.33. The van der Waals surface area contributed by atoms with Crippen molar-refractivity contribution in [3.63, 3.8) is 0 Å². The van der Waals surface area contributed by atoms with Crippen LogP contribution in [0.15, 0.2) is 86.4 Å². The summed E-state index contributed by atoms with van der Waals surface area (Å²) in [4.78, 5) is 18.6. The average molecular weight is 546 g/mol. The molecule has 0 spiro atoms. The summed E-state index contributed by atoms with van der Waals surface area (Å²) >= 11 is 1.26. The first-order valence-electron chi connectivity index (χ1n) is 11.7. The van der Waals surface area contributed by atoms with Crippen molar-refractivity contribution in [3.8, 4) is 0 Å². The van der Waals surface area contributed by atoms with Crippen LogP contribution in [0.2, 0.25) is 0 Å². The molecule has 0 amide bonds. The maximum absolute atomic E-state index is 13.3. The molecule has 1 aromatic carbocycles. The van der Waals surface area contributed by atoms with Crippen molar-refractivity contribution in [1.29, 1.82) is 0 Å². The first kappa shape index (κ1) is 27.5. The van der Waals surface area contributed by atoms with E-state index >= 15 is 0 Å². The molecule has 4 rings (SSSR count). The molecule has 0 saturated heterocycles. The number of allylic oxidation sites excluding steroid dienone is 6. The molecule has 2 aromatic heterocycles. The number of carbonyl (C=O) groups is 1. The standard InChI is InChI=1S/C27H26F3N3O4S/c1-26(2,25(34)35)38-22-11-9-18(10-12-22)15-33(16-21-8-5-13-36-21)17-23-31-24(37-32-23)19-6-3-4-7-20(14-19)27(28,29)30/h4-14H,3,15-17H2,1-2H3,(H,34,35). The van der Waals surface area contributed by atoms with Crippen LogP contribution in [0.1, 0.15) is 43.3 Å². The molecule has 0 atom stereocenters. The smallest absolute Gasteiger partial charge is 0.416 e. The summed E-state index contributed by atoms with van der Waals surface area (Å²) in [5.41, 5.74) is 0.401. The van der Waals surface area contributed by atoms with Crippen LogP contribution in [-0.4, -0.2) is 37.0 Å². The summed E-state index contributed by atoms with van der Waals surface area (Å²) in [6.45, 7) is 4.49. The van der Waals surface area contributed by atoms with Gasteiger partial charge in [-0.2, -0.15) is 18.2 Å². The molecule has 1 aliphatic carbocycles. The van der Waals surface area contributed by atoms with Gasteiger partial charge in [-0.05, 0) is 56.2 Å². The number of nitrogens with zero attached hydrogens (tertiary/aromatic N) is 3. The monoisotopic (exact) mass is 545 g/mol. The first-order chi connectivity index (χ1) is 18.0. The van der Waals surface area contributed by atoms with Gasteiger partial charge in [0, 0.05) is 17.0 Å². The predicted octanol–water partition coefficient (Wildman–Crippen LogP) is 6.65. The topological polar surface area (TPSA) is 92.6 Å². The van der Waals surface area contributed by atoms with Gasteiger partial charge in [0.2, 0.25) is 0 Å². The van der Waals surface area contributed by atoms with Gasteiger partial charge >= 0.3 is 12.1 Å². The molecule has 0 aliphatic heterocycles. The van der Waals surface area contributed by atoms with Crippen LogP contribution in [0.5, 0.6) is 0 Å². The Labute approximate surface area is 221 Å². The van der Waals surface area contributed by atoms with Gasteiger partial charge in [0.25, 0.3) is 5.89 Å². The molecule has 7 nitrogen and oxygen atoms in total. The summed E-state index contributed by atoms with van der Waals surface area (Å²) in [5, 5.41) is 13.4. The second-order valence-corrected chi connectivity index (χ2v) is 10.9. The van der Waals surface area contributed by atoms with E-state index in [4.69, 9.17) is 8.94 Å². The average Bonchev–Trinajstić information content (AvgIpc) is 3.46. The van der Waals surface area contributed by atoms with Crippen LogP contribution >= 0.6 is 11.8 Å². The molecule has 200 valence electrons. The lowest BCUT2D eigenvalue weighted by Crippen LogP contribution is -2.26. The second-order valence-electron chi connectivity index (χ2n) is 9.20. The lowest BCUT2D eigenvalue weighted by Gasteiger charge is -2.21. The van der Waals surface area contributed by atoms with Crippen LogP contribution in [-0.2, 0) is 24.4 Å². The number of rotatable bonds is 10. The number of hydrogen-bond donors (Lipinski definition) is 1. The summed E-state index contributed by atoms with van der Waals surface area (Å²) < 4.78 is 49.6. The molecule has 1 aliphatic rings. The SMILES string of the molecule is CC(C)(Sc1ccc(CN(Cc2noc(C3=CCC=CC(C(F)(F)F)=C3)n2)Cc2ccco2)cc1)C(=O)O. The van der Waals surface area contributed by atoms with E-state index < -0.39 is 22.5 Å². The number of aromatic nitrogens is 2. The number of benzene rings is 1. The second kappa shape index (κ2) is 11.4. The van der Waals surface area contributed by atoms with Crippen LogP contribution in [0, 0.1) is 0 Å². The molecular weight excluding hydrogens is 519 g/mol. The minimum Gasteiger partial charge on any atom is -0.480 e. The number of aliphatic carboxylic acids is 1. The van der Waals surface area contributed by atoms with Crippen molar-refractivity contribution in [2.24, 2.45) is 0 Å². The van der Waals surface area contributed by atoms with Crippen molar-refractivity contribution >= 4 is 23.3 Å². The van der Waals surface area contributed by atoms with Crippen molar-refractivity contribution in [3.05, 3.63) is 95.6 Å². The van der Waals surface area contributed by atoms with E-state index in [1.54, 1.807) is 32.3 Å². The minimum atomic E-state index is -4.49. The molecular formula is C27H26F3N3O4S. The molecule has 11 heteroatoms. The number of carboxylic acids is 1. The first-order valence-corrected chi connectivity index (χ1v) is 12.6. The minimum absolute atomic E-state index is 0.0193. The maximum atomic E-state index is 13.3. The normalized spacial score (nSPS) is 14.4. The van der Waals surface area contributed by atoms with Crippen molar-refractivity contribution in [2.75, 3.05) is 0 Å². The fourth-order valence-electron chi connectivity index (χ4n) is 3.68. The van der Waals surface area contributed by atoms with E-state index in [1.807, 2.05) is 35.2 Å². The molecule has 0 fully saturated rings. The molecule has 0 unspecified atom stereocenters. The molecule has 0 radical (unpaired) electrons. The molecule has 0 bridgehead atoms. The summed E-state index contributed by atoms with van der Waals surface area (Å²) in [6, 6.07) is 11.2. The summed E-state index contributed by atoms with van der Waals surface area (Å²) in [5.74, 6) is 0.170. The third-order valence-electron chi connectivity index (χ3n) is 5.67. The Morgan fingerprint density at radius 1 is 1.13 bits per heavy atom. The van der Waals surface area contributed by atoms with E-state index in [-0.39, 0.29) is 18.0 Å². The van der Waals surface area contributed by atoms with Gasteiger partial charge in [0.1, 0.15) is 10.5 Å². The Morgan fingerprint density at radius 3 is 2.55 bits per heavy atom. The van der Waals surface area contributed by atoms with Crippen LogP contribution < -0.4 is 0 Å². The third-order valence-corrected chi connectivity index (χ3v) is 6.86. The van der Waals surface area contributed by atoms with Gasteiger partial charge < -0.3 is 14.0 Å². The highest BCUT2D eigenvalue weighted by atomic mass is 32.2. The van der Waals surface area contributed by atoms with E-state index in [1.165, 1.54) is 17.8 Å². The molecule has 0 saturated carbocycles. The van der Waals surface area contributed by atoms with Crippen LogP contribution in [0.25, 0.3) is 5.57 Å². The Morgan fingerprint density at radius 2 is 1.89 bits per heavy atom. The fraction of sp³-hybridized carbons (Fsp3) is 0.296. The van der Waals surface area contributed by atoms with Crippen molar-refractivity contribution < 1.29 is 32.0 Å². The molecule has 2 heterocycles. The number of thioether (sulfide) groups is 1. The zero-order chi connectivity index (χ0) is 27.3. The number of hydrogen-bond acceptors (Lipinski definition) is 7. The zero-order valence-corrected chi connectivity index (χ0v) is 21.6. The van der Waals surface area contributed by atoms with Crippen LogP contribution in [0.3, 0.4) is 0 Å². The van der Waals surface area contributed by atoms with Crippen LogP contribution in [0.4, 0.5) is 13.2 Å². The van der Waals surface area contributed by atoms with Crippen molar-refractivity contribution in [2.45, 2.75) is 55.7 Å². The zero-order valence-electron chi connectivity index (χ0n) is 20.7. The maximum Gasteiger partial charge on any atom is 0.416 e. The summed E-state index contributed by atoms with van der Waals surface area (Å²) in [6.07, 6.45) is 2.49.